The fraction of sp³-hybridized carbons (Fsp3) is 0.462. The molecule has 0 saturated carbocycles. The van der Waals surface area contributed by atoms with Crippen molar-refractivity contribution in [3.8, 4) is 0 Å². The largest absolute Gasteiger partial charge is 0.389 e. The molecule has 2 atom stereocenters. The van der Waals surface area contributed by atoms with Gasteiger partial charge in [0.15, 0.2) is 0 Å². The quantitative estimate of drug-likeness (QED) is 0.811. The van der Waals surface area contributed by atoms with Crippen molar-refractivity contribution in [1.82, 2.24) is 13.4 Å². The summed E-state index contributed by atoms with van der Waals surface area (Å²) in [5.41, 5.74) is 0.825. The van der Waals surface area contributed by atoms with Crippen LogP contribution in [0.5, 0.6) is 0 Å². The number of imidazole rings is 1. The highest BCUT2D eigenvalue weighted by Gasteiger charge is 2.38. The van der Waals surface area contributed by atoms with Crippen molar-refractivity contribution in [3.63, 3.8) is 0 Å². The monoisotopic (exact) mass is 329 g/mol. The predicted octanol–water partition coefficient (Wildman–Crippen LogP) is -0.420. The summed E-state index contributed by atoms with van der Waals surface area (Å²) in [6.07, 6.45) is -2.89. The zero-order valence-electron chi connectivity index (χ0n) is 12.1. The summed E-state index contributed by atoms with van der Waals surface area (Å²) in [4.78, 5) is 11.8. The highest BCUT2D eigenvalue weighted by Crippen LogP contribution is 2.25. The van der Waals surface area contributed by atoms with Crippen LogP contribution >= 0.6 is 0 Å². The Morgan fingerprint density at radius 1 is 1.18 bits per heavy atom. The maximum atomic E-state index is 13.4. The summed E-state index contributed by atoms with van der Waals surface area (Å²) in [6.45, 7) is -0.634. The molecule has 0 radical (unpaired) electrons. The van der Waals surface area contributed by atoms with Gasteiger partial charge in [-0.1, -0.05) is 0 Å². The van der Waals surface area contributed by atoms with Crippen molar-refractivity contribution in [2.75, 3.05) is 13.1 Å². The van der Waals surface area contributed by atoms with Crippen LogP contribution in [0.2, 0.25) is 0 Å². The topological polar surface area (TPSA) is 84.5 Å². The fourth-order valence-electron chi connectivity index (χ4n) is 2.71. The van der Waals surface area contributed by atoms with Crippen LogP contribution in [0.1, 0.15) is 0 Å². The molecule has 1 aliphatic rings. The van der Waals surface area contributed by atoms with Crippen LogP contribution in [0.25, 0.3) is 11.0 Å². The average Bonchev–Trinajstić information content (AvgIpc) is 2.93. The van der Waals surface area contributed by atoms with Crippen molar-refractivity contribution < 1.29 is 17.9 Å². The Balaban J connectivity index is 2.10. The number of benzene rings is 1. The van der Waals surface area contributed by atoms with E-state index in [-0.39, 0.29) is 23.7 Å². The number of halogens is 1. The summed E-state index contributed by atoms with van der Waals surface area (Å²) in [6, 6.07) is 4.32. The van der Waals surface area contributed by atoms with Gasteiger partial charge in [0.1, 0.15) is 12.3 Å². The molecule has 0 spiro atoms. The van der Waals surface area contributed by atoms with E-state index in [9.17, 15) is 22.7 Å². The number of hydrogen-bond donors (Lipinski definition) is 1. The van der Waals surface area contributed by atoms with E-state index in [0.717, 1.165) is 4.31 Å². The maximum absolute atomic E-state index is 13.4. The lowest BCUT2D eigenvalue weighted by Gasteiger charge is -2.15. The molecule has 1 aliphatic heterocycles. The van der Waals surface area contributed by atoms with E-state index in [1.54, 1.807) is 20.2 Å². The fourth-order valence-corrected chi connectivity index (χ4v) is 4.19. The van der Waals surface area contributed by atoms with Crippen molar-refractivity contribution in [2.45, 2.75) is 17.2 Å². The second kappa shape index (κ2) is 4.90. The number of alkyl halides is 1. The Labute approximate surface area is 126 Å². The van der Waals surface area contributed by atoms with Gasteiger partial charge in [-0.25, -0.2) is 17.6 Å². The summed E-state index contributed by atoms with van der Waals surface area (Å²) in [5.74, 6) is 0. The number of aliphatic hydroxyl groups excluding tert-OH is 1. The Kier molecular flexibility index (Phi) is 3.38. The van der Waals surface area contributed by atoms with E-state index in [4.69, 9.17) is 0 Å². The van der Waals surface area contributed by atoms with Gasteiger partial charge in [0.2, 0.25) is 10.0 Å². The minimum Gasteiger partial charge on any atom is -0.389 e. The van der Waals surface area contributed by atoms with Crippen LogP contribution < -0.4 is 5.69 Å². The third-order valence-electron chi connectivity index (χ3n) is 4.07. The Morgan fingerprint density at radius 3 is 2.41 bits per heavy atom. The first-order valence-electron chi connectivity index (χ1n) is 6.71. The molecule has 0 unspecified atom stereocenters. The number of rotatable bonds is 2. The average molecular weight is 329 g/mol. The van der Waals surface area contributed by atoms with Gasteiger partial charge in [-0.15, -0.1) is 0 Å². The molecule has 1 aromatic carbocycles. The Morgan fingerprint density at radius 2 is 1.82 bits per heavy atom. The number of β-amino-alcohol motifs (C(OH)–C–C–N with tert-alkyl or cyclic N) is 1. The predicted molar refractivity (Wildman–Crippen MR) is 77.8 cm³/mol. The molecule has 1 N–H and O–H groups in total. The molecule has 0 bridgehead atoms. The molecule has 1 fully saturated rings. The van der Waals surface area contributed by atoms with Gasteiger partial charge in [-0.3, -0.25) is 9.13 Å². The minimum atomic E-state index is -3.91. The van der Waals surface area contributed by atoms with E-state index in [1.165, 1.54) is 21.3 Å². The highest BCUT2D eigenvalue weighted by atomic mass is 32.2. The van der Waals surface area contributed by atoms with E-state index >= 15 is 0 Å². The maximum Gasteiger partial charge on any atom is 0.328 e. The first-order chi connectivity index (χ1) is 10.2. The zero-order valence-corrected chi connectivity index (χ0v) is 12.9. The molecule has 9 heteroatoms. The van der Waals surface area contributed by atoms with Gasteiger partial charge in [0, 0.05) is 27.2 Å². The van der Waals surface area contributed by atoms with Crippen LogP contribution in [0, 0.1) is 0 Å². The molecule has 1 aromatic heterocycles. The van der Waals surface area contributed by atoms with Crippen molar-refractivity contribution in [3.05, 3.63) is 28.7 Å². The smallest absolute Gasteiger partial charge is 0.328 e. The number of sulfonamides is 1. The third-order valence-corrected chi connectivity index (χ3v) is 5.90. The highest BCUT2D eigenvalue weighted by molar-refractivity contribution is 7.89. The lowest BCUT2D eigenvalue weighted by Crippen LogP contribution is -2.29. The zero-order chi connectivity index (χ0) is 16.2. The molecule has 0 aliphatic carbocycles. The summed E-state index contributed by atoms with van der Waals surface area (Å²) >= 11 is 0. The molecule has 3 rings (SSSR count). The first kappa shape index (κ1) is 15.2. The molecule has 0 amide bonds. The first-order valence-corrected chi connectivity index (χ1v) is 8.15. The van der Waals surface area contributed by atoms with Gasteiger partial charge in [0.25, 0.3) is 0 Å². The lowest BCUT2D eigenvalue weighted by atomic mass is 10.3. The van der Waals surface area contributed by atoms with E-state index in [2.05, 4.69) is 0 Å². The molecule has 120 valence electrons. The van der Waals surface area contributed by atoms with Gasteiger partial charge in [0.05, 0.1) is 15.9 Å². The van der Waals surface area contributed by atoms with Gasteiger partial charge < -0.3 is 5.11 Å². The van der Waals surface area contributed by atoms with Crippen molar-refractivity contribution in [1.29, 1.82) is 0 Å². The lowest BCUT2D eigenvalue weighted by molar-refractivity contribution is 0.117. The summed E-state index contributed by atoms with van der Waals surface area (Å²) in [7, 11) is -0.753. The van der Waals surface area contributed by atoms with E-state index in [1.807, 2.05) is 0 Å². The number of nitrogens with zero attached hydrogens (tertiary/aromatic N) is 3. The Bertz CT molecular complexity index is 892. The van der Waals surface area contributed by atoms with Crippen LogP contribution in [0.15, 0.2) is 27.9 Å². The van der Waals surface area contributed by atoms with Crippen LogP contribution in [0.4, 0.5) is 4.39 Å². The number of hydrogen-bond acceptors (Lipinski definition) is 4. The van der Waals surface area contributed by atoms with Crippen LogP contribution in [-0.4, -0.2) is 52.3 Å². The Hall–Kier alpha value is -1.71. The minimum absolute atomic E-state index is 0.0255. The van der Waals surface area contributed by atoms with Crippen LogP contribution in [-0.2, 0) is 24.1 Å². The van der Waals surface area contributed by atoms with Gasteiger partial charge >= 0.3 is 5.69 Å². The molecule has 1 saturated heterocycles. The molecule has 7 nitrogen and oxygen atoms in total. The number of fused-ring (bicyclic) bond motifs is 1. The molecule has 22 heavy (non-hydrogen) atoms. The van der Waals surface area contributed by atoms with Crippen molar-refractivity contribution >= 4 is 21.1 Å². The third kappa shape index (κ3) is 2.08. The van der Waals surface area contributed by atoms with Crippen LogP contribution in [0.3, 0.4) is 0 Å². The van der Waals surface area contributed by atoms with Gasteiger partial charge in [-0.05, 0) is 18.2 Å². The summed E-state index contributed by atoms with van der Waals surface area (Å²) < 4.78 is 42.1. The SMILES string of the molecule is Cn1c(=O)n(C)c2cc(S(=O)(=O)N3C[C@@H](O)[C@H](F)C3)ccc21. The second-order valence-corrected chi connectivity index (χ2v) is 7.39. The standard InChI is InChI=1S/C13H16FN3O4S/c1-15-10-4-3-8(5-11(10)16(2)13(15)19)22(20,21)17-6-9(14)12(18)7-17/h3-5,9,12,18H,6-7H2,1-2H3/t9-,12-/m1/s1. The molecule has 2 aromatic rings. The molecular formula is C13H16FN3O4S. The molecular weight excluding hydrogens is 313 g/mol. The number of aryl methyl sites for hydroxylation is 2. The van der Waals surface area contributed by atoms with Crippen molar-refractivity contribution in [2.24, 2.45) is 14.1 Å². The second-order valence-electron chi connectivity index (χ2n) is 5.46. The van der Waals surface area contributed by atoms with E-state index in [0.29, 0.717) is 11.0 Å². The summed E-state index contributed by atoms with van der Waals surface area (Å²) in [5, 5.41) is 9.40. The molecule has 2 heterocycles. The normalized spacial score (nSPS) is 23.5. The number of aliphatic hydroxyl groups is 1. The van der Waals surface area contributed by atoms with Gasteiger partial charge in [-0.2, -0.15) is 4.31 Å². The number of aromatic nitrogens is 2. The van der Waals surface area contributed by atoms with E-state index < -0.39 is 22.3 Å².